The Morgan fingerprint density at radius 1 is 1.52 bits per heavy atom. The Labute approximate surface area is 137 Å². The summed E-state index contributed by atoms with van der Waals surface area (Å²) in [4.78, 5) is 12.4. The average molecular weight is 333 g/mol. The number of nitrogens with one attached hydrogen (secondary N) is 2. The number of carbonyl (C=O) groups excluding carboxylic acids is 1. The zero-order valence-corrected chi connectivity index (χ0v) is 13.7. The maximum Gasteiger partial charge on any atom is 0.255 e. The third kappa shape index (κ3) is 5.38. The largest absolute Gasteiger partial charge is 0.493 e. The quantitative estimate of drug-likeness (QED) is 0.871. The number of rotatable bonds is 5. The van der Waals surface area contributed by atoms with Crippen molar-refractivity contribution in [3.8, 4) is 5.75 Å². The SMILES string of the molecule is CCCOc1ccc(Cl)cc1C(=O)N[C@H]1CCCNC1.Cl. The van der Waals surface area contributed by atoms with E-state index in [-0.39, 0.29) is 24.4 Å². The molecule has 1 amide bonds. The first-order valence-corrected chi connectivity index (χ1v) is 7.52. The van der Waals surface area contributed by atoms with Gasteiger partial charge in [0.2, 0.25) is 0 Å². The summed E-state index contributed by atoms with van der Waals surface area (Å²) in [5.74, 6) is 0.477. The number of piperidine rings is 1. The fourth-order valence-electron chi connectivity index (χ4n) is 2.26. The van der Waals surface area contributed by atoms with E-state index in [0.717, 1.165) is 32.4 Å². The third-order valence-corrected chi connectivity index (χ3v) is 3.52. The number of hydrogen-bond donors (Lipinski definition) is 2. The molecule has 2 rings (SSSR count). The van der Waals surface area contributed by atoms with Gasteiger partial charge in [-0.2, -0.15) is 0 Å². The standard InChI is InChI=1S/C15H21ClN2O2.ClH/c1-2-8-20-14-6-5-11(16)9-13(14)15(19)18-12-4-3-7-17-10-12;/h5-6,9,12,17H,2-4,7-8,10H2,1H3,(H,18,19);1H/t12-;/m0./s1. The second-order valence-corrected chi connectivity index (χ2v) is 5.44. The molecule has 1 atom stereocenters. The summed E-state index contributed by atoms with van der Waals surface area (Å²) < 4.78 is 5.62. The second kappa shape index (κ2) is 9.13. The minimum absolute atomic E-state index is 0. The van der Waals surface area contributed by atoms with Gasteiger partial charge in [0.15, 0.2) is 0 Å². The van der Waals surface area contributed by atoms with Crippen LogP contribution in [0, 0.1) is 0 Å². The molecule has 6 heteroatoms. The summed E-state index contributed by atoms with van der Waals surface area (Å²) >= 11 is 5.99. The first kappa shape index (κ1) is 18.1. The van der Waals surface area contributed by atoms with Crippen LogP contribution in [0.4, 0.5) is 0 Å². The molecule has 0 unspecified atom stereocenters. The first-order chi connectivity index (χ1) is 9.70. The van der Waals surface area contributed by atoms with Crippen molar-refractivity contribution in [2.75, 3.05) is 19.7 Å². The van der Waals surface area contributed by atoms with Crippen molar-refractivity contribution in [2.24, 2.45) is 0 Å². The van der Waals surface area contributed by atoms with Gasteiger partial charge in [-0.25, -0.2) is 0 Å². The molecule has 0 radical (unpaired) electrons. The molecule has 4 nitrogen and oxygen atoms in total. The van der Waals surface area contributed by atoms with Gasteiger partial charge in [0.1, 0.15) is 5.75 Å². The molecule has 1 aromatic rings. The summed E-state index contributed by atoms with van der Waals surface area (Å²) in [6.07, 6.45) is 2.99. The molecular weight excluding hydrogens is 311 g/mol. The van der Waals surface area contributed by atoms with Gasteiger partial charge in [-0.3, -0.25) is 4.79 Å². The summed E-state index contributed by atoms with van der Waals surface area (Å²) in [6.45, 7) is 4.46. The maximum absolute atomic E-state index is 12.4. The molecule has 118 valence electrons. The fraction of sp³-hybridized carbons (Fsp3) is 0.533. The highest BCUT2D eigenvalue weighted by Crippen LogP contribution is 2.23. The van der Waals surface area contributed by atoms with Crippen molar-refractivity contribution in [3.63, 3.8) is 0 Å². The highest BCUT2D eigenvalue weighted by Gasteiger charge is 2.19. The number of carbonyl (C=O) groups is 1. The fourth-order valence-corrected chi connectivity index (χ4v) is 2.43. The van der Waals surface area contributed by atoms with E-state index in [2.05, 4.69) is 10.6 Å². The van der Waals surface area contributed by atoms with Crippen LogP contribution in [-0.2, 0) is 0 Å². The van der Waals surface area contributed by atoms with Crippen LogP contribution >= 0.6 is 24.0 Å². The molecule has 1 fully saturated rings. The molecule has 0 aliphatic carbocycles. The summed E-state index contributed by atoms with van der Waals surface area (Å²) in [6, 6.07) is 5.34. The molecular formula is C15H22Cl2N2O2. The van der Waals surface area contributed by atoms with Gasteiger partial charge in [0.25, 0.3) is 5.91 Å². The second-order valence-electron chi connectivity index (χ2n) is 5.01. The molecule has 21 heavy (non-hydrogen) atoms. The molecule has 1 aliphatic rings. The minimum atomic E-state index is -0.118. The van der Waals surface area contributed by atoms with Crippen LogP contribution in [0.25, 0.3) is 0 Å². The highest BCUT2D eigenvalue weighted by molar-refractivity contribution is 6.31. The van der Waals surface area contributed by atoms with Gasteiger partial charge >= 0.3 is 0 Å². The van der Waals surface area contributed by atoms with E-state index in [0.29, 0.717) is 22.9 Å². The smallest absolute Gasteiger partial charge is 0.255 e. The van der Waals surface area contributed by atoms with Gasteiger partial charge in [0.05, 0.1) is 12.2 Å². The van der Waals surface area contributed by atoms with Crippen LogP contribution < -0.4 is 15.4 Å². The van der Waals surface area contributed by atoms with Crippen LogP contribution in [-0.4, -0.2) is 31.6 Å². The number of benzene rings is 1. The molecule has 1 aliphatic heterocycles. The Bertz CT molecular complexity index is 463. The van der Waals surface area contributed by atoms with Crippen LogP contribution in [0.15, 0.2) is 18.2 Å². The third-order valence-electron chi connectivity index (χ3n) is 3.28. The molecule has 0 aromatic heterocycles. The lowest BCUT2D eigenvalue weighted by atomic mass is 10.1. The normalized spacial score (nSPS) is 17.7. The van der Waals surface area contributed by atoms with E-state index in [1.165, 1.54) is 0 Å². The number of ether oxygens (including phenoxy) is 1. The van der Waals surface area contributed by atoms with Crippen molar-refractivity contribution in [1.82, 2.24) is 10.6 Å². The van der Waals surface area contributed by atoms with Crippen LogP contribution in [0.1, 0.15) is 36.5 Å². The number of hydrogen-bond acceptors (Lipinski definition) is 3. The Kier molecular flexibility index (Phi) is 7.86. The lowest BCUT2D eigenvalue weighted by Gasteiger charge is -2.24. The van der Waals surface area contributed by atoms with Gasteiger partial charge in [0, 0.05) is 17.6 Å². The summed E-state index contributed by atoms with van der Waals surface area (Å²) in [5, 5.41) is 6.86. The highest BCUT2D eigenvalue weighted by atomic mass is 35.5. The van der Waals surface area contributed by atoms with Crippen molar-refractivity contribution >= 4 is 29.9 Å². The lowest BCUT2D eigenvalue weighted by Crippen LogP contribution is -2.45. The van der Waals surface area contributed by atoms with Gasteiger partial charge < -0.3 is 15.4 Å². The average Bonchev–Trinajstić information content (AvgIpc) is 2.47. The number of amides is 1. The van der Waals surface area contributed by atoms with Crippen LogP contribution in [0.2, 0.25) is 5.02 Å². The van der Waals surface area contributed by atoms with E-state index in [1.54, 1.807) is 18.2 Å². The molecule has 1 aromatic carbocycles. The van der Waals surface area contributed by atoms with E-state index in [4.69, 9.17) is 16.3 Å². The van der Waals surface area contributed by atoms with E-state index < -0.39 is 0 Å². The zero-order valence-electron chi connectivity index (χ0n) is 12.2. The Morgan fingerprint density at radius 2 is 2.33 bits per heavy atom. The Hall–Kier alpha value is -0.970. The van der Waals surface area contributed by atoms with E-state index >= 15 is 0 Å². The summed E-state index contributed by atoms with van der Waals surface area (Å²) in [5.41, 5.74) is 0.511. The number of halogens is 2. The molecule has 1 heterocycles. The van der Waals surface area contributed by atoms with Gasteiger partial charge in [-0.15, -0.1) is 12.4 Å². The van der Waals surface area contributed by atoms with E-state index in [1.807, 2.05) is 6.92 Å². The lowest BCUT2D eigenvalue weighted by molar-refractivity contribution is 0.0926. The Morgan fingerprint density at radius 3 is 3.00 bits per heavy atom. The molecule has 0 bridgehead atoms. The first-order valence-electron chi connectivity index (χ1n) is 7.14. The van der Waals surface area contributed by atoms with Gasteiger partial charge in [-0.05, 0) is 44.0 Å². The minimum Gasteiger partial charge on any atom is -0.493 e. The van der Waals surface area contributed by atoms with Crippen molar-refractivity contribution in [1.29, 1.82) is 0 Å². The van der Waals surface area contributed by atoms with Crippen molar-refractivity contribution < 1.29 is 9.53 Å². The zero-order chi connectivity index (χ0) is 14.4. The predicted octanol–water partition coefficient (Wildman–Crippen LogP) is 3.03. The molecule has 0 saturated carbocycles. The predicted molar refractivity (Wildman–Crippen MR) is 87.8 cm³/mol. The molecule has 2 N–H and O–H groups in total. The summed E-state index contributed by atoms with van der Waals surface area (Å²) in [7, 11) is 0. The maximum atomic E-state index is 12.4. The van der Waals surface area contributed by atoms with Gasteiger partial charge in [-0.1, -0.05) is 18.5 Å². The van der Waals surface area contributed by atoms with E-state index in [9.17, 15) is 4.79 Å². The van der Waals surface area contributed by atoms with Crippen LogP contribution in [0.3, 0.4) is 0 Å². The van der Waals surface area contributed by atoms with Crippen molar-refractivity contribution in [2.45, 2.75) is 32.2 Å². The molecule has 1 saturated heterocycles. The molecule has 0 spiro atoms. The topological polar surface area (TPSA) is 50.4 Å². The van der Waals surface area contributed by atoms with Crippen LogP contribution in [0.5, 0.6) is 5.75 Å². The monoisotopic (exact) mass is 332 g/mol. The van der Waals surface area contributed by atoms with Crippen molar-refractivity contribution in [3.05, 3.63) is 28.8 Å². The Balaban J connectivity index is 0.00000220.